The van der Waals surface area contributed by atoms with Gasteiger partial charge in [0.2, 0.25) is 0 Å². The molecule has 1 unspecified atom stereocenters. The fraction of sp³-hybridized carbons (Fsp3) is 0.600. The fourth-order valence-corrected chi connectivity index (χ4v) is 2.26. The van der Waals surface area contributed by atoms with Gasteiger partial charge in [-0.15, -0.1) is 0 Å². The standard InChI is InChI=1S/C20H32N2O5/c1-15(26-16(2)23)17-8-6-9-18(14-17)25-13-12-21-10-7-11-22-19(24)27-20(3,4)5/h6,8-9,14-15,21H,7,10-13H2,1-5H3,(H,22,24). The van der Waals surface area contributed by atoms with Gasteiger partial charge in [0.25, 0.3) is 0 Å². The third-order valence-corrected chi connectivity index (χ3v) is 3.42. The molecule has 1 amide bonds. The number of hydrogen-bond acceptors (Lipinski definition) is 6. The molecule has 2 N–H and O–H groups in total. The zero-order valence-corrected chi connectivity index (χ0v) is 17.0. The van der Waals surface area contributed by atoms with Gasteiger partial charge in [-0.25, -0.2) is 4.79 Å². The second kappa shape index (κ2) is 11.4. The predicted molar refractivity (Wildman–Crippen MR) is 104 cm³/mol. The van der Waals surface area contributed by atoms with Crippen LogP contribution in [-0.2, 0) is 14.3 Å². The van der Waals surface area contributed by atoms with Crippen LogP contribution >= 0.6 is 0 Å². The zero-order chi connectivity index (χ0) is 20.3. The Morgan fingerprint density at radius 3 is 2.56 bits per heavy atom. The molecule has 0 radical (unpaired) electrons. The fourth-order valence-electron chi connectivity index (χ4n) is 2.26. The third-order valence-electron chi connectivity index (χ3n) is 3.42. The molecule has 0 spiro atoms. The van der Waals surface area contributed by atoms with Crippen molar-refractivity contribution in [1.82, 2.24) is 10.6 Å². The Hall–Kier alpha value is -2.28. The summed E-state index contributed by atoms with van der Waals surface area (Å²) in [6, 6.07) is 7.52. The Kier molecular flexibility index (Phi) is 9.64. The lowest BCUT2D eigenvalue weighted by molar-refractivity contribution is -0.145. The Morgan fingerprint density at radius 1 is 1.15 bits per heavy atom. The maximum atomic E-state index is 11.5. The van der Waals surface area contributed by atoms with Gasteiger partial charge >= 0.3 is 12.1 Å². The maximum absolute atomic E-state index is 11.5. The molecule has 1 rings (SSSR count). The molecule has 27 heavy (non-hydrogen) atoms. The third kappa shape index (κ3) is 11.1. The smallest absolute Gasteiger partial charge is 0.407 e. The van der Waals surface area contributed by atoms with Gasteiger partial charge in [-0.1, -0.05) is 12.1 Å². The first kappa shape index (κ1) is 22.8. The summed E-state index contributed by atoms with van der Waals surface area (Å²) in [6.07, 6.45) is 0.101. The van der Waals surface area contributed by atoms with E-state index in [0.29, 0.717) is 19.7 Å². The molecular weight excluding hydrogens is 348 g/mol. The minimum Gasteiger partial charge on any atom is -0.492 e. The van der Waals surface area contributed by atoms with Gasteiger partial charge in [-0.05, 0) is 58.4 Å². The first-order valence-corrected chi connectivity index (χ1v) is 9.25. The quantitative estimate of drug-likeness (QED) is 0.479. The summed E-state index contributed by atoms with van der Waals surface area (Å²) in [5, 5.41) is 5.97. The average molecular weight is 380 g/mol. The zero-order valence-electron chi connectivity index (χ0n) is 17.0. The van der Waals surface area contributed by atoms with Gasteiger partial charge in [0.1, 0.15) is 24.1 Å². The Labute approximate surface area is 161 Å². The first-order chi connectivity index (χ1) is 12.7. The molecule has 0 saturated heterocycles. The summed E-state index contributed by atoms with van der Waals surface area (Å²) < 4.78 is 16.0. The number of carbonyl (C=O) groups is 2. The molecular formula is C20H32N2O5. The minimum absolute atomic E-state index is 0.304. The van der Waals surface area contributed by atoms with Gasteiger partial charge in [0.05, 0.1) is 0 Å². The van der Waals surface area contributed by atoms with Crippen LogP contribution in [0.2, 0.25) is 0 Å². The highest BCUT2D eigenvalue weighted by Crippen LogP contribution is 2.21. The van der Waals surface area contributed by atoms with Crippen molar-refractivity contribution >= 4 is 12.1 Å². The van der Waals surface area contributed by atoms with Crippen molar-refractivity contribution in [2.45, 2.75) is 52.7 Å². The number of amides is 1. The normalized spacial score (nSPS) is 12.2. The summed E-state index contributed by atoms with van der Waals surface area (Å²) in [5.74, 6) is 0.430. The second-order valence-electron chi connectivity index (χ2n) is 7.20. The molecule has 0 aliphatic carbocycles. The van der Waals surface area contributed by atoms with Gasteiger partial charge in [0, 0.05) is 20.0 Å². The van der Waals surface area contributed by atoms with E-state index in [2.05, 4.69) is 10.6 Å². The summed E-state index contributed by atoms with van der Waals surface area (Å²) >= 11 is 0. The molecule has 1 aromatic carbocycles. The highest BCUT2D eigenvalue weighted by molar-refractivity contribution is 5.67. The number of esters is 1. The van der Waals surface area contributed by atoms with Crippen molar-refractivity contribution in [3.05, 3.63) is 29.8 Å². The minimum atomic E-state index is -0.479. The summed E-state index contributed by atoms with van der Waals surface area (Å²) in [6.45, 7) is 11.3. The molecule has 0 saturated carbocycles. The highest BCUT2D eigenvalue weighted by Gasteiger charge is 2.15. The monoisotopic (exact) mass is 380 g/mol. The van der Waals surface area contributed by atoms with E-state index in [4.69, 9.17) is 14.2 Å². The largest absolute Gasteiger partial charge is 0.492 e. The molecule has 152 valence electrons. The molecule has 1 atom stereocenters. The SMILES string of the molecule is CC(=O)OC(C)c1cccc(OCCNCCCNC(=O)OC(C)(C)C)c1. The lowest BCUT2D eigenvalue weighted by atomic mass is 10.1. The van der Waals surface area contributed by atoms with Crippen LogP contribution < -0.4 is 15.4 Å². The van der Waals surface area contributed by atoms with E-state index in [1.807, 2.05) is 52.0 Å². The van der Waals surface area contributed by atoms with Crippen molar-refractivity contribution in [1.29, 1.82) is 0 Å². The van der Waals surface area contributed by atoms with Crippen molar-refractivity contribution in [2.24, 2.45) is 0 Å². The summed E-state index contributed by atoms with van der Waals surface area (Å²) in [4.78, 5) is 22.5. The van der Waals surface area contributed by atoms with Gasteiger partial charge in [-0.3, -0.25) is 4.79 Å². The van der Waals surface area contributed by atoms with E-state index in [1.54, 1.807) is 0 Å². The number of carbonyl (C=O) groups excluding carboxylic acids is 2. The van der Waals surface area contributed by atoms with Gasteiger partial charge in [-0.2, -0.15) is 0 Å². The number of hydrogen-bond donors (Lipinski definition) is 2. The molecule has 0 bridgehead atoms. The van der Waals surface area contributed by atoms with E-state index < -0.39 is 11.7 Å². The predicted octanol–water partition coefficient (Wildman–Crippen LogP) is 3.19. The summed E-state index contributed by atoms with van der Waals surface area (Å²) in [7, 11) is 0. The van der Waals surface area contributed by atoms with Crippen LogP contribution in [0.1, 0.15) is 52.7 Å². The van der Waals surface area contributed by atoms with E-state index in [1.165, 1.54) is 6.92 Å². The molecule has 1 aromatic rings. The molecule has 0 fully saturated rings. The van der Waals surface area contributed by atoms with Crippen LogP contribution in [0, 0.1) is 0 Å². The van der Waals surface area contributed by atoms with Crippen LogP contribution in [0.3, 0.4) is 0 Å². The van der Waals surface area contributed by atoms with E-state index >= 15 is 0 Å². The van der Waals surface area contributed by atoms with Crippen LogP contribution in [-0.4, -0.2) is 43.9 Å². The second-order valence-corrected chi connectivity index (χ2v) is 7.20. The molecule has 7 nitrogen and oxygen atoms in total. The Bertz CT molecular complexity index is 598. The first-order valence-electron chi connectivity index (χ1n) is 9.25. The van der Waals surface area contributed by atoms with Crippen molar-refractivity contribution in [2.75, 3.05) is 26.2 Å². The molecule has 0 aromatic heterocycles. The molecule has 0 aliphatic rings. The number of benzene rings is 1. The molecule has 0 heterocycles. The summed E-state index contributed by atoms with van der Waals surface area (Å²) in [5.41, 5.74) is 0.413. The number of rotatable bonds is 10. The van der Waals surface area contributed by atoms with Crippen LogP contribution in [0.15, 0.2) is 24.3 Å². The molecule has 0 aliphatic heterocycles. The lowest BCUT2D eigenvalue weighted by Crippen LogP contribution is -2.34. The van der Waals surface area contributed by atoms with Crippen molar-refractivity contribution in [3.63, 3.8) is 0 Å². The average Bonchev–Trinajstić information content (AvgIpc) is 2.55. The highest BCUT2D eigenvalue weighted by atomic mass is 16.6. The van der Waals surface area contributed by atoms with Crippen molar-refractivity contribution in [3.8, 4) is 5.75 Å². The lowest BCUT2D eigenvalue weighted by Gasteiger charge is -2.19. The molecule has 7 heteroatoms. The van der Waals surface area contributed by atoms with E-state index in [9.17, 15) is 9.59 Å². The van der Waals surface area contributed by atoms with Gasteiger partial charge < -0.3 is 24.8 Å². The number of nitrogens with one attached hydrogen (secondary N) is 2. The maximum Gasteiger partial charge on any atom is 0.407 e. The van der Waals surface area contributed by atoms with Gasteiger partial charge in [0.15, 0.2) is 0 Å². The Balaban J connectivity index is 2.15. The Morgan fingerprint density at radius 2 is 1.89 bits per heavy atom. The number of alkyl carbamates (subject to hydrolysis) is 1. The van der Waals surface area contributed by atoms with E-state index in [-0.39, 0.29) is 12.1 Å². The van der Waals surface area contributed by atoms with E-state index in [0.717, 1.165) is 24.3 Å². The van der Waals surface area contributed by atoms with Crippen LogP contribution in [0.4, 0.5) is 4.79 Å². The van der Waals surface area contributed by atoms with Crippen LogP contribution in [0.25, 0.3) is 0 Å². The van der Waals surface area contributed by atoms with Crippen LogP contribution in [0.5, 0.6) is 5.75 Å². The number of ether oxygens (including phenoxy) is 3. The topological polar surface area (TPSA) is 85.9 Å². The van der Waals surface area contributed by atoms with Crippen molar-refractivity contribution < 1.29 is 23.8 Å².